The lowest BCUT2D eigenvalue weighted by atomic mass is 10.1. The molecule has 0 aliphatic carbocycles. The molecule has 1 aromatic rings. The summed E-state index contributed by atoms with van der Waals surface area (Å²) in [6, 6.07) is 5.34. The molecule has 1 heterocycles. The van der Waals surface area contributed by atoms with E-state index in [0.29, 0.717) is 17.2 Å². The fourth-order valence-corrected chi connectivity index (χ4v) is 4.97. The number of methoxy groups -OCH3 is 1. The van der Waals surface area contributed by atoms with Gasteiger partial charge in [0, 0.05) is 18.6 Å². The van der Waals surface area contributed by atoms with E-state index in [2.05, 4.69) is 4.90 Å². The third kappa shape index (κ3) is 2.93. The molecule has 1 saturated heterocycles. The molecule has 0 aromatic heterocycles. The molecule has 6 heteroatoms. The molecule has 2 atom stereocenters. The van der Waals surface area contributed by atoms with Crippen LogP contribution in [0.25, 0.3) is 0 Å². The third-order valence-corrected chi connectivity index (χ3v) is 6.43. The fraction of sp³-hybridized carbons (Fsp3) is 0.600. The van der Waals surface area contributed by atoms with E-state index in [1.165, 1.54) is 0 Å². The summed E-state index contributed by atoms with van der Waals surface area (Å²) in [5.41, 5.74) is 0.717. The van der Waals surface area contributed by atoms with Crippen molar-refractivity contribution in [1.29, 1.82) is 0 Å². The number of hydrogen-bond donors (Lipinski definition) is 0. The van der Waals surface area contributed by atoms with E-state index < -0.39 is 10.0 Å². The van der Waals surface area contributed by atoms with Crippen LogP contribution in [0, 0.1) is 6.92 Å². The summed E-state index contributed by atoms with van der Waals surface area (Å²) in [6.45, 7) is 4.35. The number of ether oxygens (including phenoxy) is 1. The Balaban J connectivity index is 2.35. The van der Waals surface area contributed by atoms with E-state index in [4.69, 9.17) is 4.74 Å². The zero-order valence-electron chi connectivity index (χ0n) is 13.3. The van der Waals surface area contributed by atoms with E-state index in [0.717, 1.165) is 12.0 Å². The van der Waals surface area contributed by atoms with Gasteiger partial charge in [-0.25, -0.2) is 8.42 Å². The Bertz CT molecular complexity index is 613. The first-order chi connectivity index (χ1) is 9.78. The Hall–Kier alpha value is -1.11. The molecule has 1 fully saturated rings. The van der Waals surface area contributed by atoms with Crippen molar-refractivity contribution in [3.8, 4) is 5.75 Å². The molecule has 1 aliphatic heterocycles. The summed E-state index contributed by atoms with van der Waals surface area (Å²) < 4.78 is 32.6. The van der Waals surface area contributed by atoms with Crippen molar-refractivity contribution in [2.24, 2.45) is 0 Å². The highest BCUT2D eigenvalue weighted by Crippen LogP contribution is 2.30. The molecule has 5 nitrogen and oxygen atoms in total. The summed E-state index contributed by atoms with van der Waals surface area (Å²) in [6.07, 6.45) is 0.864. The van der Waals surface area contributed by atoms with Crippen molar-refractivity contribution in [2.75, 3.05) is 27.7 Å². The second kappa shape index (κ2) is 5.94. The average Bonchev–Trinajstić information content (AvgIpc) is 2.80. The maximum absolute atomic E-state index is 12.9. The molecular formula is C15H24N2O3S. The van der Waals surface area contributed by atoms with Gasteiger partial charge in [0.2, 0.25) is 10.0 Å². The number of aryl methyl sites for hydroxylation is 1. The molecule has 0 spiro atoms. The molecule has 0 N–H and O–H groups in total. The summed E-state index contributed by atoms with van der Waals surface area (Å²) in [5, 5.41) is 0. The van der Waals surface area contributed by atoms with Crippen molar-refractivity contribution in [3.05, 3.63) is 23.8 Å². The lowest BCUT2D eigenvalue weighted by Crippen LogP contribution is -2.42. The second-order valence-electron chi connectivity index (χ2n) is 5.81. The number of rotatable bonds is 4. The highest BCUT2D eigenvalue weighted by Gasteiger charge is 2.40. The van der Waals surface area contributed by atoms with Crippen LogP contribution < -0.4 is 4.74 Å². The smallest absolute Gasteiger partial charge is 0.243 e. The van der Waals surface area contributed by atoms with Crippen LogP contribution in [0.5, 0.6) is 5.75 Å². The van der Waals surface area contributed by atoms with Gasteiger partial charge in [-0.2, -0.15) is 4.31 Å². The van der Waals surface area contributed by atoms with Gasteiger partial charge in [0.15, 0.2) is 0 Å². The van der Waals surface area contributed by atoms with Crippen LogP contribution in [0.2, 0.25) is 0 Å². The zero-order valence-corrected chi connectivity index (χ0v) is 14.1. The monoisotopic (exact) mass is 312 g/mol. The predicted molar refractivity (Wildman–Crippen MR) is 83.2 cm³/mol. The maximum Gasteiger partial charge on any atom is 0.243 e. The lowest BCUT2D eigenvalue weighted by Gasteiger charge is -2.28. The molecule has 0 bridgehead atoms. The van der Waals surface area contributed by atoms with E-state index >= 15 is 0 Å². The standard InChI is InChI=1S/C15H24N2O3S/c1-11-10-13(20-5)6-7-15(11)21(18,19)17-9-8-14(12(17)2)16(3)4/h6-7,10,12,14H,8-9H2,1-5H3/t12-,14+/m1/s1. The minimum Gasteiger partial charge on any atom is -0.497 e. The Morgan fingerprint density at radius 3 is 2.48 bits per heavy atom. The number of hydrogen-bond acceptors (Lipinski definition) is 4. The highest BCUT2D eigenvalue weighted by atomic mass is 32.2. The summed E-state index contributed by atoms with van der Waals surface area (Å²) >= 11 is 0. The largest absolute Gasteiger partial charge is 0.497 e. The van der Waals surface area contributed by atoms with Crippen molar-refractivity contribution < 1.29 is 13.2 Å². The van der Waals surface area contributed by atoms with Gasteiger partial charge in [0.1, 0.15) is 5.75 Å². The predicted octanol–water partition coefficient (Wildman–Crippen LogP) is 1.72. The molecule has 0 saturated carbocycles. The number of benzene rings is 1. The topological polar surface area (TPSA) is 49.9 Å². The Labute approximate surface area is 127 Å². The average molecular weight is 312 g/mol. The maximum atomic E-state index is 12.9. The van der Waals surface area contributed by atoms with Gasteiger partial charge < -0.3 is 9.64 Å². The Morgan fingerprint density at radius 2 is 2.00 bits per heavy atom. The molecule has 21 heavy (non-hydrogen) atoms. The zero-order chi connectivity index (χ0) is 15.8. The number of nitrogens with zero attached hydrogens (tertiary/aromatic N) is 2. The minimum atomic E-state index is -3.46. The third-order valence-electron chi connectivity index (χ3n) is 4.29. The SMILES string of the molecule is COc1ccc(S(=O)(=O)N2CC[C@H](N(C)C)[C@H]2C)c(C)c1. The fourth-order valence-electron chi connectivity index (χ4n) is 3.09. The number of sulfonamides is 1. The number of likely N-dealkylation sites (N-methyl/N-ethyl adjacent to an activating group) is 1. The Kier molecular flexibility index (Phi) is 4.60. The van der Waals surface area contributed by atoms with E-state index in [1.54, 1.807) is 36.5 Å². The summed E-state index contributed by atoms with van der Waals surface area (Å²) in [4.78, 5) is 2.47. The van der Waals surface area contributed by atoms with Gasteiger partial charge in [-0.05, 0) is 58.1 Å². The molecule has 0 radical (unpaired) electrons. The molecular weight excluding hydrogens is 288 g/mol. The molecule has 1 aromatic carbocycles. The van der Waals surface area contributed by atoms with Gasteiger partial charge in [-0.3, -0.25) is 0 Å². The van der Waals surface area contributed by atoms with Crippen LogP contribution in [0.15, 0.2) is 23.1 Å². The second-order valence-corrected chi connectivity index (χ2v) is 7.67. The van der Waals surface area contributed by atoms with Crippen molar-refractivity contribution in [2.45, 2.75) is 37.2 Å². The quantitative estimate of drug-likeness (QED) is 0.849. The van der Waals surface area contributed by atoms with Crippen LogP contribution in [0.3, 0.4) is 0 Å². The van der Waals surface area contributed by atoms with Crippen LogP contribution >= 0.6 is 0 Å². The van der Waals surface area contributed by atoms with Crippen LogP contribution in [-0.2, 0) is 10.0 Å². The first-order valence-corrected chi connectivity index (χ1v) is 8.56. The first-order valence-electron chi connectivity index (χ1n) is 7.12. The van der Waals surface area contributed by atoms with Crippen molar-refractivity contribution in [3.63, 3.8) is 0 Å². The van der Waals surface area contributed by atoms with E-state index in [1.807, 2.05) is 21.0 Å². The Morgan fingerprint density at radius 1 is 1.33 bits per heavy atom. The molecule has 1 aliphatic rings. The first kappa shape index (κ1) is 16.3. The van der Waals surface area contributed by atoms with Gasteiger partial charge >= 0.3 is 0 Å². The van der Waals surface area contributed by atoms with E-state index in [-0.39, 0.29) is 12.1 Å². The van der Waals surface area contributed by atoms with E-state index in [9.17, 15) is 8.42 Å². The van der Waals surface area contributed by atoms with Crippen molar-refractivity contribution in [1.82, 2.24) is 9.21 Å². The molecule has 118 valence electrons. The normalized spacial score (nSPS) is 23.7. The van der Waals surface area contributed by atoms with Crippen molar-refractivity contribution >= 4 is 10.0 Å². The minimum absolute atomic E-state index is 0.0218. The lowest BCUT2D eigenvalue weighted by molar-refractivity contribution is 0.250. The van der Waals surface area contributed by atoms with Gasteiger partial charge in [-0.1, -0.05) is 0 Å². The van der Waals surface area contributed by atoms with Crippen LogP contribution in [0.4, 0.5) is 0 Å². The molecule has 0 unspecified atom stereocenters. The summed E-state index contributed by atoms with van der Waals surface area (Å²) in [5.74, 6) is 0.673. The van der Waals surface area contributed by atoms with Crippen LogP contribution in [0.1, 0.15) is 18.9 Å². The van der Waals surface area contributed by atoms with Gasteiger partial charge in [0.05, 0.1) is 12.0 Å². The van der Waals surface area contributed by atoms with Gasteiger partial charge in [0.25, 0.3) is 0 Å². The molecule has 0 amide bonds. The highest BCUT2D eigenvalue weighted by molar-refractivity contribution is 7.89. The molecule has 2 rings (SSSR count). The van der Waals surface area contributed by atoms with Gasteiger partial charge in [-0.15, -0.1) is 0 Å². The summed E-state index contributed by atoms with van der Waals surface area (Å²) in [7, 11) is 2.11. The van der Waals surface area contributed by atoms with Crippen LogP contribution in [-0.4, -0.2) is 57.5 Å².